The Morgan fingerprint density at radius 2 is 1.96 bits per heavy atom. The van der Waals surface area contributed by atoms with Crippen molar-refractivity contribution in [3.8, 4) is 0 Å². The van der Waals surface area contributed by atoms with Gasteiger partial charge in [-0.15, -0.1) is 0 Å². The molecule has 0 radical (unpaired) electrons. The summed E-state index contributed by atoms with van der Waals surface area (Å²) in [5.41, 5.74) is 3.69. The number of aryl methyl sites for hydroxylation is 1. The Morgan fingerprint density at radius 1 is 1.18 bits per heavy atom. The van der Waals surface area contributed by atoms with E-state index in [-0.39, 0.29) is 18.0 Å². The lowest BCUT2D eigenvalue weighted by Crippen LogP contribution is -2.48. The molecular formula is C22H31N5O. The van der Waals surface area contributed by atoms with Gasteiger partial charge in [0.25, 0.3) is 0 Å². The van der Waals surface area contributed by atoms with E-state index in [1.54, 1.807) is 0 Å². The number of amides is 1. The first-order chi connectivity index (χ1) is 13.7. The van der Waals surface area contributed by atoms with Crippen LogP contribution in [-0.2, 0) is 17.9 Å². The first-order valence-corrected chi connectivity index (χ1v) is 10.6. The molecule has 1 aromatic carbocycles. The Morgan fingerprint density at radius 3 is 2.68 bits per heavy atom. The molecule has 2 fully saturated rings. The van der Waals surface area contributed by atoms with E-state index in [0.717, 1.165) is 25.1 Å². The van der Waals surface area contributed by atoms with Crippen LogP contribution < -0.4 is 15.5 Å². The van der Waals surface area contributed by atoms with Gasteiger partial charge in [-0.25, -0.2) is 0 Å². The van der Waals surface area contributed by atoms with E-state index in [9.17, 15) is 4.79 Å². The van der Waals surface area contributed by atoms with Crippen molar-refractivity contribution in [2.24, 2.45) is 0 Å². The fourth-order valence-corrected chi connectivity index (χ4v) is 4.27. The van der Waals surface area contributed by atoms with Crippen molar-refractivity contribution >= 4 is 11.6 Å². The van der Waals surface area contributed by atoms with Crippen LogP contribution in [0.4, 0.5) is 5.69 Å². The van der Waals surface area contributed by atoms with Gasteiger partial charge in [-0.2, -0.15) is 5.10 Å². The first kappa shape index (κ1) is 19.0. The normalized spacial score (nSPS) is 22.9. The number of benzene rings is 1. The molecule has 0 aliphatic carbocycles. The maximum Gasteiger partial charge on any atom is 0.220 e. The summed E-state index contributed by atoms with van der Waals surface area (Å²) in [6, 6.07) is 9.13. The molecule has 2 saturated heterocycles. The lowest BCUT2D eigenvalue weighted by atomic mass is 9.93. The molecule has 4 rings (SSSR count). The van der Waals surface area contributed by atoms with Gasteiger partial charge in [0.2, 0.25) is 5.91 Å². The molecule has 2 aromatic rings. The van der Waals surface area contributed by atoms with Crippen LogP contribution in [0.3, 0.4) is 0 Å². The van der Waals surface area contributed by atoms with Gasteiger partial charge >= 0.3 is 0 Å². The van der Waals surface area contributed by atoms with E-state index in [0.29, 0.717) is 6.42 Å². The SMILES string of the molecule is CCn1cc([C@@H]2NC(=O)CC[C@H]2NCc2ccc(N3CCCCC3)cc2)cn1. The lowest BCUT2D eigenvalue weighted by Gasteiger charge is -2.32. The minimum Gasteiger partial charge on any atom is -0.372 e. The van der Waals surface area contributed by atoms with Crippen molar-refractivity contribution < 1.29 is 4.79 Å². The van der Waals surface area contributed by atoms with Crippen molar-refractivity contribution in [3.63, 3.8) is 0 Å². The Labute approximate surface area is 167 Å². The average Bonchev–Trinajstić information content (AvgIpc) is 3.23. The minimum atomic E-state index is -0.0193. The van der Waals surface area contributed by atoms with Crippen LogP contribution in [0.5, 0.6) is 0 Å². The van der Waals surface area contributed by atoms with Crippen LogP contribution in [0.25, 0.3) is 0 Å². The van der Waals surface area contributed by atoms with E-state index >= 15 is 0 Å². The molecule has 3 heterocycles. The highest BCUT2D eigenvalue weighted by molar-refractivity contribution is 5.77. The smallest absolute Gasteiger partial charge is 0.220 e. The van der Waals surface area contributed by atoms with E-state index in [4.69, 9.17) is 0 Å². The average molecular weight is 382 g/mol. The molecule has 2 N–H and O–H groups in total. The van der Waals surface area contributed by atoms with Gasteiger partial charge in [-0.3, -0.25) is 9.48 Å². The maximum atomic E-state index is 12.0. The van der Waals surface area contributed by atoms with Crippen LogP contribution in [0.1, 0.15) is 56.2 Å². The van der Waals surface area contributed by atoms with Crippen molar-refractivity contribution in [2.45, 2.75) is 64.2 Å². The van der Waals surface area contributed by atoms with E-state index < -0.39 is 0 Å². The highest BCUT2D eigenvalue weighted by Crippen LogP contribution is 2.25. The zero-order chi connectivity index (χ0) is 19.3. The molecule has 0 saturated carbocycles. The van der Waals surface area contributed by atoms with Crippen molar-refractivity contribution in [2.75, 3.05) is 18.0 Å². The summed E-state index contributed by atoms with van der Waals surface area (Å²) in [5, 5.41) is 11.2. The molecule has 150 valence electrons. The molecular weight excluding hydrogens is 350 g/mol. The molecule has 0 spiro atoms. The van der Waals surface area contributed by atoms with E-state index in [1.165, 1.54) is 43.6 Å². The zero-order valence-electron chi connectivity index (χ0n) is 16.7. The van der Waals surface area contributed by atoms with Gasteiger partial charge in [-0.1, -0.05) is 12.1 Å². The van der Waals surface area contributed by atoms with Crippen molar-refractivity contribution in [1.29, 1.82) is 0 Å². The van der Waals surface area contributed by atoms with Crippen LogP contribution >= 0.6 is 0 Å². The fraction of sp³-hybridized carbons (Fsp3) is 0.545. The van der Waals surface area contributed by atoms with Gasteiger partial charge in [-0.05, 0) is 50.3 Å². The number of nitrogens with one attached hydrogen (secondary N) is 2. The molecule has 2 aliphatic rings. The summed E-state index contributed by atoms with van der Waals surface area (Å²) in [5.74, 6) is 0.123. The Bertz CT molecular complexity index is 778. The summed E-state index contributed by atoms with van der Waals surface area (Å²) >= 11 is 0. The fourth-order valence-electron chi connectivity index (χ4n) is 4.27. The molecule has 1 amide bonds. The molecule has 28 heavy (non-hydrogen) atoms. The molecule has 1 aromatic heterocycles. The highest BCUT2D eigenvalue weighted by atomic mass is 16.1. The summed E-state index contributed by atoms with van der Waals surface area (Å²) in [6.45, 7) is 6.06. The van der Waals surface area contributed by atoms with E-state index in [1.807, 2.05) is 17.1 Å². The third-order valence-corrected chi connectivity index (χ3v) is 5.96. The predicted molar refractivity (Wildman–Crippen MR) is 111 cm³/mol. The predicted octanol–water partition coefficient (Wildman–Crippen LogP) is 3.00. The number of piperidine rings is 2. The van der Waals surface area contributed by atoms with Gasteiger partial charge in [0.15, 0.2) is 0 Å². The number of hydrogen-bond acceptors (Lipinski definition) is 4. The van der Waals surface area contributed by atoms with Crippen molar-refractivity contribution in [1.82, 2.24) is 20.4 Å². The largest absolute Gasteiger partial charge is 0.372 e. The molecule has 0 unspecified atom stereocenters. The van der Waals surface area contributed by atoms with Crippen LogP contribution in [0, 0.1) is 0 Å². The van der Waals surface area contributed by atoms with Crippen LogP contribution in [-0.4, -0.2) is 34.8 Å². The lowest BCUT2D eigenvalue weighted by molar-refractivity contribution is -0.123. The summed E-state index contributed by atoms with van der Waals surface area (Å²) in [7, 11) is 0. The topological polar surface area (TPSA) is 62.2 Å². The molecule has 6 heteroatoms. The molecule has 2 atom stereocenters. The number of nitrogens with zero attached hydrogens (tertiary/aromatic N) is 3. The third kappa shape index (κ3) is 4.38. The second-order valence-corrected chi connectivity index (χ2v) is 7.91. The summed E-state index contributed by atoms with van der Waals surface area (Å²) < 4.78 is 1.91. The van der Waals surface area contributed by atoms with Gasteiger partial charge in [0.05, 0.1) is 12.2 Å². The number of carbonyl (C=O) groups excluding carboxylic acids is 1. The minimum absolute atomic E-state index is 0.0193. The number of carbonyl (C=O) groups is 1. The summed E-state index contributed by atoms with van der Waals surface area (Å²) in [6.07, 6.45) is 9.29. The first-order valence-electron chi connectivity index (χ1n) is 10.6. The van der Waals surface area contributed by atoms with E-state index in [2.05, 4.69) is 51.8 Å². The van der Waals surface area contributed by atoms with Crippen LogP contribution in [0.15, 0.2) is 36.7 Å². The quantitative estimate of drug-likeness (QED) is 0.807. The monoisotopic (exact) mass is 381 g/mol. The van der Waals surface area contributed by atoms with Gasteiger partial charge in [0.1, 0.15) is 0 Å². The summed E-state index contributed by atoms with van der Waals surface area (Å²) in [4.78, 5) is 14.4. The number of rotatable bonds is 6. The highest BCUT2D eigenvalue weighted by Gasteiger charge is 2.30. The molecule has 2 aliphatic heterocycles. The molecule has 0 bridgehead atoms. The van der Waals surface area contributed by atoms with Crippen molar-refractivity contribution in [3.05, 3.63) is 47.8 Å². The number of hydrogen-bond donors (Lipinski definition) is 2. The zero-order valence-corrected chi connectivity index (χ0v) is 16.7. The Hall–Kier alpha value is -2.34. The second kappa shape index (κ2) is 8.78. The number of aromatic nitrogens is 2. The number of anilines is 1. The van der Waals surface area contributed by atoms with Gasteiger partial charge in [0, 0.05) is 56.1 Å². The third-order valence-electron chi connectivity index (χ3n) is 5.96. The standard InChI is InChI=1S/C22H31N5O/c1-2-27-16-18(15-24-27)22-20(10-11-21(28)25-22)23-14-17-6-8-19(9-7-17)26-12-4-3-5-13-26/h6-9,15-16,20,22-23H,2-5,10-14H2,1H3,(H,25,28)/t20-,22+/m1/s1. The maximum absolute atomic E-state index is 12.0. The van der Waals surface area contributed by atoms with Gasteiger partial charge < -0.3 is 15.5 Å². The Kier molecular flexibility index (Phi) is 5.95. The second-order valence-electron chi connectivity index (χ2n) is 7.91. The Balaban J connectivity index is 1.38. The van der Waals surface area contributed by atoms with Crippen LogP contribution in [0.2, 0.25) is 0 Å². The molecule has 6 nitrogen and oxygen atoms in total.